The lowest BCUT2D eigenvalue weighted by molar-refractivity contribution is -0.129. The van der Waals surface area contributed by atoms with Crippen molar-refractivity contribution in [1.82, 2.24) is 20.0 Å². The number of halogens is 1. The molecule has 0 saturated heterocycles. The number of nitrogens with zero attached hydrogens (tertiary/aromatic N) is 3. The predicted molar refractivity (Wildman–Crippen MR) is 95.0 cm³/mol. The molecule has 0 saturated carbocycles. The van der Waals surface area contributed by atoms with Crippen molar-refractivity contribution in [3.05, 3.63) is 41.6 Å². The van der Waals surface area contributed by atoms with Crippen LogP contribution < -0.4 is 10.1 Å². The summed E-state index contributed by atoms with van der Waals surface area (Å²) < 4.78 is 7.12. The van der Waals surface area contributed by atoms with Crippen molar-refractivity contribution in [1.29, 1.82) is 0 Å². The maximum atomic E-state index is 12.0. The molecule has 0 fully saturated rings. The van der Waals surface area contributed by atoms with Crippen molar-refractivity contribution in [2.24, 2.45) is 0 Å². The third kappa shape index (κ3) is 5.22. The van der Waals surface area contributed by atoms with Gasteiger partial charge in [0.05, 0.1) is 11.9 Å². The van der Waals surface area contributed by atoms with Crippen LogP contribution in [-0.2, 0) is 9.59 Å². The Kier molecular flexibility index (Phi) is 6.41. The Hall–Kier alpha value is -2.54. The number of aromatic nitrogens is 2. The molecule has 1 N–H and O–H groups in total. The van der Waals surface area contributed by atoms with Crippen LogP contribution in [0.5, 0.6) is 5.88 Å². The van der Waals surface area contributed by atoms with Gasteiger partial charge < -0.3 is 15.0 Å². The summed E-state index contributed by atoms with van der Waals surface area (Å²) in [4.78, 5) is 25.0. The molecule has 2 aromatic rings. The molecule has 8 heteroatoms. The minimum absolute atomic E-state index is 0.0569. The van der Waals surface area contributed by atoms with E-state index in [4.69, 9.17) is 16.3 Å². The second-order valence-electron chi connectivity index (χ2n) is 5.65. The van der Waals surface area contributed by atoms with E-state index >= 15 is 0 Å². The summed E-state index contributed by atoms with van der Waals surface area (Å²) >= 11 is 6.13. The maximum Gasteiger partial charge on any atom is 0.260 e. The summed E-state index contributed by atoms with van der Waals surface area (Å²) in [5, 5.41) is 7.22. The van der Waals surface area contributed by atoms with Gasteiger partial charge in [-0.25, -0.2) is 4.68 Å². The summed E-state index contributed by atoms with van der Waals surface area (Å²) in [6, 6.07) is 9.43. The first kappa shape index (κ1) is 18.8. The molecule has 1 aromatic carbocycles. The molecule has 25 heavy (non-hydrogen) atoms. The molecule has 7 nitrogen and oxygen atoms in total. The molecule has 0 radical (unpaired) electrons. The second-order valence-corrected chi connectivity index (χ2v) is 6.06. The van der Waals surface area contributed by atoms with Crippen LogP contribution in [-0.4, -0.2) is 53.2 Å². The Morgan fingerprint density at radius 3 is 2.64 bits per heavy atom. The number of rotatable bonds is 7. The number of hydrogen-bond acceptors (Lipinski definition) is 4. The zero-order chi connectivity index (χ0) is 18.4. The quantitative estimate of drug-likeness (QED) is 0.814. The van der Waals surface area contributed by atoms with Gasteiger partial charge in [0.2, 0.25) is 5.91 Å². The highest BCUT2D eigenvalue weighted by molar-refractivity contribution is 6.31. The zero-order valence-electron chi connectivity index (χ0n) is 14.4. The third-order valence-corrected chi connectivity index (χ3v) is 3.71. The van der Waals surface area contributed by atoms with E-state index in [2.05, 4.69) is 10.4 Å². The Bertz CT molecular complexity index is 731. The number of nitrogens with one attached hydrogen (secondary N) is 1. The number of benzene rings is 1. The van der Waals surface area contributed by atoms with Gasteiger partial charge in [-0.05, 0) is 19.1 Å². The lowest BCUT2D eigenvalue weighted by Gasteiger charge is -2.14. The van der Waals surface area contributed by atoms with Gasteiger partial charge in [-0.2, -0.15) is 0 Å². The van der Waals surface area contributed by atoms with Crippen LogP contribution in [0.25, 0.3) is 5.69 Å². The first-order valence-corrected chi connectivity index (χ1v) is 8.21. The van der Waals surface area contributed by atoms with E-state index < -0.39 is 6.10 Å². The lowest BCUT2D eigenvalue weighted by atomic mass is 10.3. The van der Waals surface area contributed by atoms with Gasteiger partial charge in [0, 0.05) is 27.1 Å². The number of amides is 2. The molecule has 0 unspecified atom stereocenters. The number of para-hydroxylation sites is 1. The fraction of sp³-hybridized carbons (Fsp3) is 0.353. The molecular weight excluding hydrogens is 344 g/mol. The smallest absolute Gasteiger partial charge is 0.260 e. The Labute approximate surface area is 151 Å². The van der Waals surface area contributed by atoms with E-state index in [-0.39, 0.29) is 30.7 Å². The summed E-state index contributed by atoms with van der Waals surface area (Å²) in [6.45, 7) is 1.84. The molecular formula is C17H21ClN4O3. The highest BCUT2D eigenvalue weighted by Crippen LogP contribution is 2.24. The first-order chi connectivity index (χ1) is 11.9. The van der Waals surface area contributed by atoms with Crippen molar-refractivity contribution in [2.75, 3.05) is 20.6 Å². The largest absolute Gasteiger partial charge is 0.462 e. The van der Waals surface area contributed by atoms with E-state index in [1.54, 1.807) is 31.9 Å². The normalized spacial score (nSPS) is 11.7. The number of hydrogen-bond donors (Lipinski definition) is 1. The van der Waals surface area contributed by atoms with E-state index in [1.165, 1.54) is 4.90 Å². The van der Waals surface area contributed by atoms with Crippen LogP contribution in [0.1, 0.15) is 13.3 Å². The minimum atomic E-state index is -0.786. The molecule has 1 aromatic heterocycles. The van der Waals surface area contributed by atoms with Crippen molar-refractivity contribution in [3.8, 4) is 11.6 Å². The lowest BCUT2D eigenvalue weighted by Crippen LogP contribution is -2.38. The summed E-state index contributed by atoms with van der Waals surface area (Å²) in [7, 11) is 3.34. The zero-order valence-corrected chi connectivity index (χ0v) is 15.2. The molecule has 0 spiro atoms. The molecule has 2 rings (SSSR count). The molecule has 1 heterocycles. The van der Waals surface area contributed by atoms with Gasteiger partial charge in [0.25, 0.3) is 11.8 Å². The van der Waals surface area contributed by atoms with Crippen molar-refractivity contribution in [3.63, 3.8) is 0 Å². The van der Waals surface area contributed by atoms with E-state index in [1.807, 2.05) is 30.3 Å². The average Bonchev–Trinajstić information content (AvgIpc) is 2.96. The van der Waals surface area contributed by atoms with Gasteiger partial charge >= 0.3 is 0 Å². The number of carbonyl (C=O) groups excluding carboxylic acids is 2. The predicted octanol–water partition coefficient (Wildman–Crippen LogP) is 1.89. The third-order valence-electron chi connectivity index (χ3n) is 3.45. The van der Waals surface area contributed by atoms with Crippen molar-refractivity contribution < 1.29 is 14.3 Å². The van der Waals surface area contributed by atoms with Crippen molar-refractivity contribution in [2.45, 2.75) is 19.4 Å². The molecule has 0 aliphatic carbocycles. The highest BCUT2D eigenvalue weighted by atomic mass is 35.5. The van der Waals surface area contributed by atoms with Gasteiger partial charge in [0.1, 0.15) is 5.02 Å². The average molecular weight is 365 g/mol. The summed E-state index contributed by atoms with van der Waals surface area (Å²) in [5.74, 6) is -0.215. The number of carbonyl (C=O) groups is 2. The van der Waals surface area contributed by atoms with E-state index in [0.29, 0.717) is 5.02 Å². The standard InChI is InChI=1S/C17H21ClN4O3/c1-12(16(24)19-10-9-15(23)21(2)3)25-17-14(18)11-22(20-17)13-7-5-4-6-8-13/h4-8,11-12H,9-10H2,1-3H3,(H,19,24)/t12-/m1/s1. The molecule has 2 amide bonds. The molecule has 1 atom stereocenters. The molecule has 134 valence electrons. The fourth-order valence-corrected chi connectivity index (χ4v) is 2.19. The molecule has 0 bridgehead atoms. The first-order valence-electron chi connectivity index (χ1n) is 7.83. The van der Waals surface area contributed by atoms with Crippen LogP contribution >= 0.6 is 11.6 Å². The van der Waals surface area contributed by atoms with Gasteiger partial charge in [0.15, 0.2) is 6.10 Å². The van der Waals surface area contributed by atoms with Crippen LogP contribution in [0, 0.1) is 0 Å². The van der Waals surface area contributed by atoms with Crippen LogP contribution in [0.4, 0.5) is 0 Å². The van der Waals surface area contributed by atoms with Crippen LogP contribution in [0.3, 0.4) is 0 Å². The van der Waals surface area contributed by atoms with Crippen LogP contribution in [0.15, 0.2) is 36.5 Å². The van der Waals surface area contributed by atoms with Gasteiger partial charge in [-0.15, -0.1) is 5.10 Å². The Morgan fingerprint density at radius 1 is 1.32 bits per heavy atom. The Morgan fingerprint density at radius 2 is 2.00 bits per heavy atom. The van der Waals surface area contributed by atoms with Gasteiger partial charge in [-0.3, -0.25) is 9.59 Å². The second kappa shape index (κ2) is 8.53. The highest BCUT2D eigenvalue weighted by Gasteiger charge is 2.19. The Balaban J connectivity index is 1.92. The van der Waals surface area contributed by atoms with E-state index in [0.717, 1.165) is 5.69 Å². The fourth-order valence-electron chi connectivity index (χ4n) is 2.01. The SMILES string of the molecule is C[C@@H](Oc1nn(-c2ccccc2)cc1Cl)C(=O)NCCC(=O)N(C)C. The molecule has 0 aliphatic rings. The molecule has 0 aliphatic heterocycles. The van der Waals surface area contributed by atoms with Crippen molar-refractivity contribution >= 4 is 23.4 Å². The topological polar surface area (TPSA) is 76.5 Å². The summed E-state index contributed by atoms with van der Waals surface area (Å²) in [5.41, 5.74) is 0.832. The van der Waals surface area contributed by atoms with E-state index in [9.17, 15) is 9.59 Å². The monoisotopic (exact) mass is 364 g/mol. The summed E-state index contributed by atoms with van der Waals surface area (Å²) in [6.07, 6.45) is 1.06. The minimum Gasteiger partial charge on any atom is -0.462 e. The van der Waals surface area contributed by atoms with Crippen LogP contribution in [0.2, 0.25) is 5.02 Å². The number of ether oxygens (including phenoxy) is 1. The maximum absolute atomic E-state index is 12.0. The van der Waals surface area contributed by atoms with Gasteiger partial charge in [-0.1, -0.05) is 29.8 Å².